The Kier molecular flexibility index (Phi) is 11.8. The number of hydrogen-bond acceptors (Lipinski definition) is 0. The summed E-state index contributed by atoms with van der Waals surface area (Å²) in [4.78, 5) is 0. The summed E-state index contributed by atoms with van der Waals surface area (Å²) in [7, 11) is 0. The minimum Gasteiger partial charge on any atom is -0.147 e. The summed E-state index contributed by atoms with van der Waals surface area (Å²) in [6.45, 7) is 14.4. The monoisotopic (exact) mass is 884 g/mol. The molecule has 0 spiro atoms. The van der Waals surface area contributed by atoms with Crippen molar-refractivity contribution in [2.75, 3.05) is 0 Å². The maximum atomic E-state index is 2.74. The summed E-state index contributed by atoms with van der Waals surface area (Å²) in [5.74, 6) is 1.33. The van der Waals surface area contributed by atoms with Gasteiger partial charge in [-0.1, -0.05) is 0 Å². The van der Waals surface area contributed by atoms with E-state index in [2.05, 4.69) is 139 Å². The SMILES string of the molecule is CCc1ccc(-c2cccc3c2C=C(CC(C)C)[CH]3[Hf]2([CH]3C(CC(C)C)=Cc4c(-c5ccc(CC)cc5)cccc43)[CH]3CCCC[CH]32)cc1.Cl.Cl. The van der Waals surface area contributed by atoms with Crippen LogP contribution in [0.5, 0.6) is 0 Å². The fourth-order valence-electron chi connectivity index (χ4n) is 11.0. The smallest absolute Gasteiger partial charge is 0.147 e. The largest absolute Gasteiger partial charge is 0.147 e. The van der Waals surface area contributed by atoms with Gasteiger partial charge in [0.05, 0.1) is 0 Å². The molecule has 1 saturated heterocycles. The summed E-state index contributed by atoms with van der Waals surface area (Å²) in [5.41, 5.74) is 18.7. The Morgan fingerprint density at radius 2 is 0.941 bits per heavy atom. The van der Waals surface area contributed by atoms with Crippen LogP contribution in [0.4, 0.5) is 0 Å². The third-order valence-electron chi connectivity index (χ3n) is 12.9. The van der Waals surface area contributed by atoms with Crippen LogP contribution in [0.3, 0.4) is 0 Å². The van der Waals surface area contributed by atoms with Crippen LogP contribution in [0.25, 0.3) is 34.4 Å². The summed E-state index contributed by atoms with van der Waals surface area (Å²) < 4.78 is 3.43. The van der Waals surface area contributed by atoms with Crippen LogP contribution in [0, 0.1) is 11.8 Å². The van der Waals surface area contributed by atoms with E-state index < -0.39 is 20.0 Å². The molecule has 3 aliphatic carbocycles. The van der Waals surface area contributed by atoms with Crippen LogP contribution in [0.15, 0.2) is 96.1 Å². The van der Waals surface area contributed by atoms with Gasteiger partial charge in [0.25, 0.3) is 0 Å². The van der Waals surface area contributed by atoms with Crippen LogP contribution in [0.1, 0.15) is 121 Å². The molecule has 3 heteroatoms. The molecule has 0 bridgehead atoms. The molecule has 0 N–H and O–H groups in total. The number of allylic oxidation sites excluding steroid dienone is 2. The van der Waals surface area contributed by atoms with Gasteiger partial charge in [-0.05, 0) is 0 Å². The average molecular weight is 884 g/mol. The summed E-state index contributed by atoms with van der Waals surface area (Å²) in [6, 6.07) is 33.8. The van der Waals surface area contributed by atoms with E-state index in [1.807, 2.05) is 11.1 Å². The first kappa shape index (κ1) is 38.5. The van der Waals surface area contributed by atoms with E-state index >= 15 is 0 Å². The Hall–Kier alpha value is -2.19. The normalized spacial score (nSPS) is 24.2. The van der Waals surface area contributed by atoms with E-state index in [9.17, 15) is 0 Å². The summed E-state index contributed by atoms with van der Waals surface area (Å²) in [6.07, 6.45) is 16.0. The Bertz CT molecular complexity index is 1770. The molecule has 2 fully saturated rings. The predicted octanol–water partition coefficient (Wildman–Crippen LogP) is 15.0. The Morgan fingerprint density at radius 1 is 0.549 bits per heavy atom. The van der Waals surface area contributed by atoms with Crippen LogP contribution in [-0.2, 0) is 32.8 Å². The van der Waals surface area contributed by atoms with Crippen molar-refractivity contribution in [3.8, 4) is 22.3 Å². The molecule has 4 aromatic carbocycles. The number of aryl methyl sites for hydroxylation is 2. The van der Waals surface area contributed by atoms with Crippen LogP contribution in [0.2, 0.25) is 7.35 Å². The second-order valence-electron chi connectivity index (χ2n) is 16.7. The molecule has 0 amide bonds. The van der Waals surface area contributed by atoms with Crippen molar-refractivity contribution in [2.45, 2.75) is 108 Å². The van der Waals surface area contributed by atoms with Crippen molar-refractivity contribution < 1.29 is 20.0 Å². The fraction of sp³-hybridized carbons (Fsp3) is 0.417. The molecule has 268 valence electrons. The second-order valence-corrected chi connectivity index (χ2v) is 33.4. The third kappa shape index (κ3) is 6.65. The molecular formula is C48H58Cl2Hf. The van der Waals surface area contributed by atoms with E-state index in [4.69, 9.17) is 0 Å². The number of halogens is 2. The van der Waals surface area contributed by atoms with E-state index in [-0.39, 0.29) is 24.8 Å². The summed E-state index contributed by atoms with van der Waals surface area (Å²) in [5, 5.41) is 0. The zero-order valence-electron chi connectivity index (χ0n) is 31.7. The van der Waals surface area contributed by atoms with Gasteiger partial charge in [-0.15, -0.1) is 24.8 Å². The van der Waals surface area contributed by atoms with Crippen molar-refractivity contribution in [3.63, 3.8) is 0 Å². The van der Waals surface area contributed by atoms with Gasteiger partial charge in [-0.25, -0.2) is 0 Å². The molecule has 0 radical (unpaired) electrons. The average Bonchev–Trinajstić information content (AvgIpc) is 3.39. The molecule has 8 rings (SSSR count). The van der Waals surface area contributed by atoms with Crippen molar-refractivity contribution >= 4 is 37.0 Å². The van der Waals surface area contributed by atoms with Gasteiger partial charge in [-0.2, -0.15) is 0 Å². The number of rotatable bonds is 10. The van der Waals surface area contributed by atoms with Gasteiger partial charge < -0.3 is 0 Å². The molecule has 1 aliphatic heterocycles. The zero-order chi connectivity index (χ0) is 33.9. The standard InChI is InChI=1S/2C21H23.C6H10.2ClH.Hf/c2*1-4-16-8-10-18(11-9-16)20-7-5-6-19-13-17(12-15(2)3)14-21(19)20;1-2-4-6-5-3-1;;;/h2*5-11,13-15H,4,12H2,1-3H3;1-2H,3-6H2;2*1H;. The van der Waals surface area contributed by atoms with Crippen molar-refractivity contribution in [2.24, 2.45) is 11.8 Å². The van der Waals surface area contributed by atoms with E-state index in [0.29, 0.717) is 19.2 Å². The number of fused-ring (bicyclic) bond motifs is 3. The third-order valence-corrected chi connectivity index (χ3v) is 37.8. The number of benzene rings is 4. The minimum atomic E-state index is -3.28. The van der Waals surface area contributed by atoms with Gasteiger partial charge in [0.1, 0.15) is 0 Å². The maximum absolute atomic E-state index is 3.28. The first-order valence-electron chi connectivity index (χ1n) is 19.7. The van der Waals surface area contributed by atoms with Crippen LogP contribution >= 0.6 is 24.8 Å². The van der Waals surface area contributed by atoms with E-state index in [1.54, 1.807) is 22.3 Å². The fourth-order valence-corrected chi connectivity index (χ4v) is 46.2. The first-order chi connectivity index (χ1) is 23.8. The quantitative estimate of drug-likeness (QED) is 0.139. The molecule has 1 heterocycles. The van der Waals surface area contributed by atoms with E-state index in [0.717, 1.165) is 20.2 Å². The number of hydrogen-bond donors (Lipinski definition) is 0. The van der Waals surface area contributed by atoms with Crippen LogP contribution in [-0.4, -0.2) is 0 Å². The molecule has 0 nitrogen and oxygen atoms in total. The van der Waals surface area contributed by atoms with Gasteiger partial charge in [0.2, 0.25) is 0 Å². The van der Waals surface area contributed by atoms with E-state index in [1.165, 1.54) is 71.9 Å². The maximum Gasteiger partial charge on any atom is -0.147 e. The molecule has 4 aromatic rings. The van der Waals surface area contributed by atoms with Gasteiger partial charge in [-0.3, -0.25) is 0 Å². The molecule has 0 aromatic heterocycles. The molecule has 1 saturated carbocycles. The molecular weight excluding hydrogens is 826 g/mol. The zero-order valence-corrected chi connectivity index (χ0v) is 36.9. The van der Waals surface area contributed by atoms with Gasteiger partial charge in [0, 0.05) is 0 Å². The Morgan fingerprint density at radius 3 is 1.29 bits per heavy atom. The molecule has 4 atom stereocenters. The second kappa shape index (κ2) is 15.7. The Labute approximate surface area is 325 Å². The van der Waals surface area contributed by atoms with Crippen molar-refractivity contribution in [1.29, 1.82) is 0 Å². The minimum absolute atomic E-state index is 0. The van der Waals surface area contributed by atoms with Crippen LogP contribution < -0.4 is 0 Å². The molecule has 4 unspecified atom stereocenters. The summed E-state index contributed by atoms with van der Waals surface area (Å²) >= 11 is -3.28. The molecule has 51 heavy (non-hydrogen) atoms. The first-order valence-corrected chi connectivity index (χ1v) is 28.0. The van der Waals surface area contributed by atoms with Crippen molar-refractivity contribution in [1.82, 2.24) is 0 Å². The predicted molar refractivity (Wildman–Crippen MR) is 223 cm³/mol. The van der Waals surface area contributed by atoms with Crippen molar-refractivity contribution in [3.05, 3.63) is 129 Å². The van der Waals surface area contributed by atoms with Gasteiger partial charge >= 0.3 is 303 Å². The Balaban J connectivity index is 0.00000224. The molecule has 4 aliphatic rings. The van der Waals surface area contributed by atoms with Gasteiger partial charge in [0.15, 0.2) is 0 Å². The topological polar surface area (TPSA) is 0 Å².